The Hall–Kier alpha value is -2.32. The van der Waals surface area contributed by atoms with Gasteiger partial charge in [-0.05, 0) is 73.7 Å². The number of anilines is 2. The standard InChI is InChI=1S/C23H26ClN3O4/c24-19-3-1-2-15-8-14(9-18(15)19)11-25-7-6-17-12-27(23(29)31-17)16-4-5-21-20(10-16)26-22(28)13-30-21/h1-5,10,14,17,23,25,29H,6-9,11-13H2,(H,26,28). The number of nitrogens with zero attached hydrogens (tertiary/aromatic N) is 1. The van der Waals surface area contributed by atoms with Gasteiger partial charge in [-0.1, -0.05) is 23.7 Å². The van der Waals surface area contributed by atoms with E-state index in [0.29, 0.717) is 23.9 Å². The fraction of sp³-hybridized carbons (Fsp3) is 0.435. The fourth-order valence-corrected chi connectivity index (χ4v) is 4.92. The molecule has 3 atom stereocenters. The van der Waals surface area contributed by atoms with Crippen LogP contribution < -0.4 is 20.3 Å². The molecule has 3 aliphatic rings. The number of halogens is 1. The van der Waals surface area contributed by atoms with Crippen molar-refractivity contribution in [1.29, 1.82) is 0 Å². The van der Waals surface area contributed by atoms with Crippen LogP contribution in [0.2, 0.25) is 5.02 Å². The van der Waals surface area contributed by atoms with E-state index in [1.54, 1.807) is 11.0 Å². The van der Waals surface area contributed by atoms with E-state index in [-0.39, 0.29) is 18.6 Å². The van der Waals surface area contributed by atoms with Crippen molar-refractivity contribution in [2.24, 2.45) is 5.92 Å². The molecule has 2 aromatic carbocycles. The van der Waals surface area contributed by atoms with Crippen molar-refractivity contribution in [1.82, 2.24) is 5.32 Å². The number of carbonyl (C=O) groups excluding carboxylic acids is 1. The predicted octanol–water partition coefficient (Wildman–Crippen LogP) is 2.55. The number of fused-ring (bicyclic) bond motifs is 2. The van der Waals surface area contributed by atoms with Crippen LogP contribution in [0, 0.1) is 5.92 Å². The Kier molecular flexibility index (Phi) is 5.75. The summed E-state index contributed by atoms with van der Waals surface area (Å²) in [6.07, 6.45) is 1.81. The monoisotopic (exact) mass is 443 g/mol. The van der Waals surface area contributed by atoms with Gasteiger partial charge in [-0.15, -0.1) is 0 Å². The lowest BCUT2D eigenvalue weighted by Gasteiger charge is -2.24. The van der Waals surface area contributed by atoms with Gasteiger partial charge in [0.05, 0.1) is 11.8 Å². The molecule has 0 spiro atoms. The predicted molar refractivity (Wildman–Crippen MR) is 119 cm³/mol. The molecular formula is C23H26ClN3O4. The zero-order valence-electron chi connectivity index (χ0n) is 17.1. The molecule has 3 unspecified atom stereocenters. The van der Waals surface area contributed by atoms with Gasteiger partial charge in [0.1, 0.15) is 5.75 Å². The maximum absolute atomic E-state index is 11.6. The van der Waals surface area contributed by atoms with Crippen LogP contribution in [0.1, 0.15) is 17.5 Å². The summed E-state index contributed by atoms with van der Waals surface area (Å²) in [7, 11) is 0. The lowest BCUT2D eigenvalue weighted by atomic mass is 10.1. The maximum atomic E-state index is 11.6. The molecule has 3 N–H and O–H groups in total. The molecule has 8 heteroatoms. The van der Waals surface area contributed by atoms with Crippen molar-refractivity contribution < 1.29 is 19.4 Å². The number of hydrogen-bond acceptors (Lipinski definition) is 6. The minimum atomic E-state index is -1.00. The molecule has 0 aromatic heterocycles. The average Bonchev–Trinajstić information content (AvgIpc) is 3.34. The third-order valence-electron chi connectivity index (χ3n) is 6.20. The summed E-state index contributed by atoms with van der Waals surface area (Å²) < 4.78 is 11.1. The number of carbonyl (C=O) groups is 1. The van der Waals surface area contributed by atoms with Crippen LogP contribution in [0.25, 0.3) is 0 Å². The highest BCUT2D eigenvalue weighted by Crippen LogP contribution is 2.34. The first-order valence-electron chi connectivity index (χ1n) is 10.7. The van der Waals surface area contributed by atoms with Crippen molar-refractivity contribution in [3.05, 3.63) is 52.5 Å². The Balaban J connectivity index is 1.10. The van der Waals surface area contributed by atoms with Gasteiger partial charge < -0.3 is 30.1 Å². The summed E-state index contributed by atoms with van der Waals surface area (Å²) >= 11 is 6.31. The molecule has 2 aliphatic heterocycles. The van der Waals surface area contributed by atoms with E-state index < -0.39 is 6.41 Å². The Bertz CT molecular complexity index is 985. The highest BCUT2D eigenvalue weighted by molar-refractivity contribution is 6.31. The number of amides is 1. The van der Waals surface area contributed by atoms with Crippen LogP contribution in [0.5, 0.6) is 5.75 Å². The molecule has 1 saturated heterocycles. The summed E-state index contributed by atoms with van der Waals surface area (Å²) in [6.45, 7) is 2.37. The molecule has 31 heavy (non-hydrogen) atoms. The minimum Gasteiger partial charge on any atom is -0.482 e. The molecule has 7 nitrogen and oxygen atoms in total. The summed E-state index contributed by atoms with van der Waals surface area (Å²) in [4.78, 5) is 13.4. The Morgan fingerprint density at radius 3 is 3.03 bits per heavy atom. The second kappa shape index (κ2) is 8.67. The first-order chi connectivity index (χ1) is 15.1. The van der Waals surface area contributed by atoms with Gasteiger partial charge in [0.2, 0.25) is 6.41 Å². The van der Waals surface area contributed by atoms with Gasteiger partial charge in [-0.3, -0.25) is 4.79 Å². The molecule has 2 heterocycles. The SMILES string of the molecule is O=C1COc2ccc(N3CC(CCNCC4Cc5cccc(Cl)c5C4)OC3O)cc2N1. The topological polar surface area (TPSA) is 83.1 Å². The van der Waals surface area contributed by atoms with E-state index >= 15 is 0 Å². The molecule has 164 valence electrons. The Morgan fingerprint density at radius 2 is 2.16 bits per heavy atom. The lowest BCUT2D eigenvalue weighted by Crippen LogP contribution is -2.31. The zero-order chi connectivity index (χ0) is 21.4. The molecule has 0 radical (unpaired) electrons. The van der Waals surface area contributed by atoms with E-state index in [2.05, 4.69) is 16.7 Å². The largest absolute Gasteiger partial charge is 0.482 e. The zero-order valence-corrected chi connectivity index (χ0v) is 17.9. The molecular weight excluding hydrogens is 418 g/mol. The molecule has 5 rings (SSSR count). The van der Waals surface area contributed by atoms with Crippen LogP contribution in [0.4, 0.5) is 11.4 Å². The maximum Gasteiger partial charge on any atom is 0.262 e. The van der Waals surface area contributed by atoms with Gasteiger partial charge in [-0.2, -0.15) is 0 Å². The highest BCUT2D eigenvalue weighted by atomic mass is 35.5. The van der Waals surface area contributed by atoms with Crippen LogP contribution in [0.3, 0.4) is 0 Å². The summed E-state index contributed by atoms with van der Waals surface area (Å²) in [5.74, 6) is 1.02. The van der Waals surface area contributed by atoms with Crippen molar-refractivity contribution in [2.45, 2.75) is 31.8 Å². The van der Waals surface area contributed by atoms with E-state index in [4.69, 9.17) is 21.1 Å². The molecule has 1 fully saturated rings. The second-order valence-electron chi connectivity index (χ2n) is 8.40. The van der Waals surface area contributed by atoms with Crippen molar-refractivity contribution in [2.75, 3.05) is 36.5 Å². The highest BCUT2D eigenvalue weighted by Gasteiger charge is 2.32. The number of aliphatic hydroxyl groups is 1. The molecule has 1 amide bonds. The first kappa shape index (κ1) is 20.6. The third kappa shape index (κ3) is 4.36. The summed E-state index contributed by atoms with van der Waals surface area (Å²) in [6, 6.07) is 11.6. The summed E-state index contributed by atoms with van der Waals surface area (Å²) in [5, 5.41) is 17.6. The van der Waals surface area contributed by atoms with Gasteiger partial charge in [0.15, 0.2) is 6.61 Å². The molecule has 1 aliphatic carbocycles. The van der Waals surface area contributed by atoms with Gasteiger partial charge in [0, 0.05) is 17.3 Å². The quantitative estimate of drug-likeness (QED) is 0.595. The van der Waals surface area contributed by atoms with Gasteiger partial charge >= 0.3 is 0 Å². The normalized spacial score (nSPS) is 24.5. The molecule has 0 saturated carbocycles. The van der Waals surface area contributed by atoms with Crippen molar-refractivity contribution >= 4 is 28.9 Å². The summed E-state index contributed by atoms with van der Waals surface area (Å²) in [5.41, 5.74) is 4.06. The van der Waals surface area contributed by atoms with E-state index in [9.17, 15) is 9.90 Å². The number of hydrogen-bond donors (Lipinski definition) is 3. The number of benzene rings is 2. The third-order valence-corrected chi connectivity index (χ3v) is 6.56. The number of ether oxygens (including phenoxy) is 2. The smallest absolute Gasteiger partial charge is 0.262 e. The van der Waals surface area contributed by atoms with E-state index in [1.807, 2.05) is 24.3 Å². The van der Waals surface area contributed by atoms with Crippen molar-refractivity contribution in [3.63, 3.8) is 0 Å². The number of rotatable bonds is 6. The Labute approximate surface area is 186 Å². The van der Waals surface area contributed by atoms with Crippen LogP contribution in [0.15, 0.2) is 36.4 Å². The van der Waals surface area contributed by atoms with Gasteiger partial charge in [-0.25, -0.2) is 0 Å². The molecule has 2 aromatic rings. The van der Waals surface area contributed by atoms with E-state index in [1.165, 1.54) is 11.1 Å². The lowest BCUT2D eigenvalue weighted by molar-refractivity contribution is -0.118. The number of aliphatic hydroxyl groups excluding tert-OH is 1. The Morgan fingerprint density at radius 1 is 1.26 bits per heavy atom. The minimum absolute atomic E-state index is 0.0247. The van der Waals surface area contributed by atoms with Crippen molar-refractivity contribution in [3.8, 4) is 5.75 Å². The van der Waals surface area contributed by atoms with Crippen LogP contribution in [-0.4, -0.2) is 49.8 Å². The van der Waals surface area contributed by atoms with E-state index in [0.717, 1.165) is 43.1 Å². The van der Waals surface area contributed by atoms with Crippen LogP contribution in [-0.2, 0) is 22.4 Å². The first-order valence-corrected chi connectivity index (χ1v) is 11.1. The number of nitrogens with one attached hydrogen (secondary N) is 2. The molecule has 0 bridgehead atoms. The average molecular weight is 444 g/mol. The van der Waals surface area contributed by atoms with Crippen LogP contribution >= 0.6 is 11.6 Å². The van der Waals surface area contributed by atoms with Gasteiger partial charge in [0.25, 0.3) is 5.91 Å². The fourth-order valence-electron chi connectivity index (χ4n) is 4.65. The second-order valence-corrected chi connectivity index (χ2v) is 8.81.